The van der Waals surface area contributed by atoms with E-state index in [-0.39, 0.29) is 25.8 Å². The van der Waals surface area contributed by atoms with E-state index in [1.807, 2.05) is 0 Å². The number of hydrogen-bond donors (Lipinski definition) is 0. The van der Waals surface area contributed by atoms with E-state index in [2.05, 4.69) is 21.0 Å². The van der Waals surface area contributed by atoms with Crippen LogP contribution in [0.25, 0.3) is 11.3 Å². The monoisotopic (exact) mass is 411 g/mol. The van der Waals surface area contributed by atoms with Crippen molar-refractivity contribution in [2.75, 3.05) is 6.26 Å². The van der Waals surface area contributed by atoms with Crippen molar-refractivity contribution < 1.29 is 17.7 Å². The summed E-state index contributed by atoms with van der Waals surface area (Å²) in [5, 5.41) is 14.3. The van der Waals surface area contributed by atoms with Crippen LogP contribution in [0.1, 0.15) is 0 Å². The molecule has 1 heterocycles. The summed E-state index contributed by atoms with van der Waals surface area (Å²) in [5.41, 5.74) is -0.801. The molecule has 0 bridgehead atoms. The van der Waals surface area contributed by atoms with Crippen LogP contribution in [0.15, 0.2) is 21.6 Å². The highest BCUT2D eigenvalue weighted by molar-refractivity contribution is 9.10. The lowest BCUT2D eigenvalue weighted by molar-refractivity contribution is -0.384. The van der Waals surface area contributed by atoms with Crippen LogP contribution in [-0.2, 0) is 16.9 Å². The number of nitro groups is 1. The SMILES string of the molecule is Cn1nc(-c2cc([N+](=O)[O-])c(Cl)cc2F)c(Br)c1S(C)(=O)=O. The average Bonchev–Trinajstić information content (AvgIpc) is 2.63. The number of aromatic nitrogens is 2. The summed E-state index contributed by atoms with van der Waals surface area (Å²) < 4.78 is 38.6. The lowest BCUT2D eigenvalue weighted by Crippen LogP contribution is -2.05. The molecule has 2 aromatic rings. The largest absolute Gasteiger partial charge is 0.288 e. The molecule has 0 aliphatic rings. The highest BCUT2D eigenvalue weighted by Gasteiger charge is 2.26. The zero-order chi connectivity index (χ0) is 16.8. The Kier molecular flexibility index (Phi) is 4.28. The molecule has 0 saturated heterocycles. The normalized spacial score (nSPS) is 11.7. The molecule has 7 nitrogen and oxygen atoms in total. The lowest BCUT2D eigenvalue weighted by Gasteiger charge is -2.02. The number of halogens is 3. The van der Waals surface area contributed by atoms with E-state index in [4.69, 9.17) is 11.6 Å². The predicted octanol–water partition coefficient (Wildman–Crippen LogP) is 2.95. The van der Waals surface area contributed by atoms with Gasteiger partial charge in [-0.3, -0.25) is 14.8 Å². The molecular formula is C11H8BrClFN3O4S. The standard InChI is InChI=1S/C11H8BrClFN3O4S/c1-16-11(22(2,20)21)9(12)10(15-16)5-3-8(17(18)19)6(13)4-7(5)14/h3-4H,1-2H3. The first-order valence-electron chi connectivity index (χ1n) is 5.60. The van der Waals surface area contributed by atoms with Crippen LogP contribution in [-0.4, -0.2) is 29.4 Å². The number of hydrogen-bond acceptors (Lipinski definition) is 5. The molecule has 1 aromatic carbocycles. The van der Waals surface area contributed by atoms with Crippen LogP contribution in [0.5, 0.6) is 0 Å². The van der Waals surface area contributed by atoms with Crippen LogP contribution in [0.2, 0.25) is 5.02 Å². The van der Waals surface area contributed by atoms with Gasteiger partial charge in [0.25, 0.3) is 5.69 Å². The van der Waals surface area contributed by atoms with E-state index in [0.29, 0.717) is 0 Å². The molecule has 0 saturated carbocycles. The fourth-order valence-corrected chi connectivity index (χ4v) is 4.51. The van der Waals surface area contributed by atoms with E-state index in [9.17, 15) is 22.9 Å². The van der Waals surface area contributed by atoms with Gasteiger partial charge < -0.3 is 0 Å². The topological polar surface area (TPSA) is 95.1 Å². The van der Waals surface area contributed by atoms with Gasteiger partial charge in [0.05, 0.1) is 9.40 Å². The zero-order valence-electron chi connectivity index (χ0n) is 11.2. The van der Waals surface area contributed by atoms with Crippen molar-refractivity contribution in [3.63, 3.8) is 0 Å². The molecule has 11 heteroatoms. The van der Waals surface area contributed by atoms with Gasteiger partial charge in [0.1, 0.15) is 16.5 Å². The molecule has 0 aliphatic heterocycles. The predicted molar refractivity (Wildman–Crippen MR) is 81.1 cm³/mol. The number of rotatable bonds is 3. The Morgan fingerprint density at radius 2 is 2.05 bits per heavy atom. The average molecular weight is 413 g/mol. The highest BCUT2D eigenvalue weighted by Crippen LogP contribution is 2.37. The quantitative estimate of drug-likeness (QED) is 0.570. The third-order valence-electron chi connectivity index (χ3n) is 2.78. The maximum absolute atomic E-state index is 14.1. The first-order valence-corrected chi connectivity index (χ1v) is 8.66. The molecule has 0 unspecified atom stereocenters. The summed E-state index contributed by atoms with van der Waals surface area (Å²) in [6.07, 6.45) is 0.971. The minimum Gasteiger partial charge on any atom is -0.258 e. The van der Waals surface area contributed by atoms with Gasteiger partial charge in [0, 0.05) is 31.0 Å². The number of nitrogens with zero attached hydrogens (tertiary/aromatic N) is 3. The Bertz CT molecular complexity index is 897. The first-order chi connectivity index (χ1) is 10.0. The van der Waals surface area contributed by atoms with Crippen LogP contribution < -0.4 is 0 Å². The molecule has 0 atom stereocenters. The van der Waals surface area contributed by atoms with Crippen LogP contribution in [0.3, 0.4) is 0 Å². The zero-order valence-corrected chi connectivity index (χ0v) is 14.3. The van der Waals surface area contributed by atoms with Crippen molar-refractivity contribution in [1.82, 2.24) is 9.78 Å². The van der Waals surface area contributed by atoms with E-state index in [0.717, 1.165) is 23.1 Å². The molecule has 118 valence electrons. The second-order valence-corrected chi connectivity index (χ2v) is 7.54. The van der Waals surface area contributed by atoms with Gasteiger partial charge in [-0.05, 0) is 15.9 Å². The van der Waals surface area contributed by atoms with Gasteiger partial charge in [0.2, 0.25) is 0 Å². The Labute approximate surface area is 137 Å². The molecule has 0 fully saturated rings. The van der Waals surface area contributed by atoms with Crippen molar-refractivity contribution in [3.05, 3.63) is 37.6 Å². The lowest BCUT2D eigenvalue weighted by atomic mass is 10.1. The van der Waals surface area contributed by atoms with Gasteiger partial charge in [-0.1, -0.05) is 11.6 Å². The fraction of sp³-hybridized carbons (Fsp3) is 0.182. The summed E-state index contributed by atoms with van der Waals surface area (Å²) in [6.45, 7) is 0. The van der Waals surface area contributed by atoms with Gasteiger partial charge in [0.15, 0.2) is 14.9 Å². The molecule has 0 radical (unpaired) electrons. The fourth-order valence-electron chi connectivity index (χ4n) is 1.92. The number of benzene rings is 1. The summed E-state index contributed by atoms with van der Waals surface area (Å²) in [4.78, 5) is 10.1. The summed E-state index contributed by atoms with van der Waals surface area (Å²) in [5.74, 6) is -0.852. The van der Waals surface area contributed by atoms with Crippen molar-refractivity contribution in [2.45, 2.75) is 5.03 Å². The Balaban J connectivity index is 2.79. The van der Waals surface area contributed by atoms with E-state index < -0.39 is 26.3 Å². The third kappa shape index (κ3) is 2.85. The van der Waals surface area contributed by atoms with Crippen LogP contribution in [0, 0.1) is 15.9 Å². The highest BCUT2D eigenvalue weighted by atomic mass is 79.9. The van der Waals surface area contributed by atoms with Gasteiger partial charge in [-0.25, -0.2) is 12.8 Å². The van der Waals surface area contributed by atoms with Crippen molar-refractivity contribution >= 4 is 43.1 Å². The Morgan fingerprint density at radius 3 is 2.50 bits per heavy atom. The molecule has 22 heavy (non-hydrogen) atoms. The van der Waals surface area contributed by atoms with Gasteiger partial charge >= 0.3 is 0 Å². The van der Waals surface area contributed by atoms with Crippen LogP contribution in [0.4, 0.5) is 10.1 Å². The molecule has 0 amide bonds. The maximum Gasteiger partial charge on any atom is 0.288 e. The molecule has 0 aliphatic carbocycles. The van der Waals surface area contributed by atoms with Gasteiger partial charge in [-0.15, -0.1) is 0 Å². The Morgan fingerprint density at radius 1 is 1.45 bits per heavy atom. The molecule has 0 N–H and O–H groups in total. The summed E-state index contributed by atoms with van der Waals surface area (Å²) in [6, 6.07) is 1.70. The van der Waals surface area contributed by atoms with E-state index in [1.165, 1.54) is 7.05 Å². The third-order valence-corrected chi connectivity index (χ3v) is 5.27. The van der Waals surface area contributed by atoms with Crippen molar-refractivity contribution in [2.24, 2.45) is 7.05 Å². The molecule has 2 rings (SSSR count). The first kappa shape index (κ1) is 16.8. The molecular weight excluding hydrogens is 405 g/mol. The van der Waals surface area contributed by atoms with E-state index >= 15 is 0 Å². The second-order valence-electron chi connectivity index (χ2n) is 4.40. The smallest absolute Gasteiger partial charge is 0.258 e. The maximum atomic E-state index is 14.1. The Hall–Kier alpha value is -1.52. The summed E-state index contributed by atoms with van der Waals surface area (Å²) in [7, 11) is -2.26. The minimum atomic E-state index is -3.63. The van der Waals surface area contributed by atoms with E-state index in [1.54, 1.807) is 0 Å². The second kappa shape index (κ2) is 5.60. The van der Waals surface area contributed by atoms with Crippen molar-refractivity contribution in [3.8, 4) is 11.3 Å². The number of sulfone groups is 1. The minimum absolute atomic E-state index is 0.0213. The van der Waals surface area contributed by atoms with Gasteiger partial charge in [-0.2, -0.15) is 5.10 Å². The summed E-state index contributed by atoms with van der Waals surface area (Å²) >= 11 is 8.67. The van der Waals surface area contributed by atoms with Crippen LogP contribution >= 0.6 is 27.5 Å². The number of aryl methyl sites for hydroxylation is 1. The van der Waals surface area contributed by atoms with Crippen molar-refractivity contribution in [1.29, 1.82) is 0 Å². The number of nitro benzene ring substituents is 1. The molecule has 0 spiro atoms. The molecule has 1 aromatic heterocycles.